The van der Waals surface area contributed by atoms with Crippen LogP contribution in [0.3, 0.4) is 0 Å². The number of carbonyl (C=O) groups is 1. The fourth-order valence-electron chi connectivity index (χ4n) is 3.96. The van der Waals surface area contributed by atoms with E-state index in [0.717, 1.165) is 36.4 Å². The summed E-state index contributed by atoms with van der Waals surface area (Å²) in [5, 5.41) is 2.96. The third-order valence-electron chi connectivity index (χ3n) is 5.33. The first kappa shape index (κ1) is 19.4. The molecule has 2 aliphatic heterocycles. The third kappa shape index (κ3) is 4.24. The highest BCUT2D eigenvalue weighted by Crippen LogP contribution is 2.38. The number of rotatable bonds is 6. The van der Waals surface area contributed by atoms with Crippen molar-refractivity contribution in [3.8, 4) is 23.0 Å². The van der Waals surface area contributed by atoms with E-state index >= 15 is 0 Å². The molecule has 1 atom stereocenters. The van der Waals surface area contributed by atoms with Gasteiger partial charge in [0.25, 0.3) is 0 Å². The third-order valence-corrected chi connectivity index (χ3v) is 5.33. The molecular weight excluding hydrogens is 372 g/mol. The van der Waals surface area contributed by atoms with Crippen molar-refractivity contribution in [1.82, 2.24) is 4.90 Å². The molecule has 7 nitrogen and oxygen atoms in total. The van der Waals surface area contributed by atoms with E-state index in [9.17, 15) is 4.79 Å². The van der Waals surface area contributed by atoms with Crippen LogP contribution in [0.4, 0.5) is 5.69 Å². The van der Waals surface area contributed by atoms with Crippen molar-refractivity contribution in [2.45, 2.75) is 18.9 Å². The maximum absolute atomic E-state index is 12.7. The minimum Gasteiger partial charge on any atom is -0.493 e. The molecule has 1 amide bonds. The molecule has 29 heavy (non-hydrogen) atoms. The largest absolute Gasteiger partial charge is 0.493 e. The lowest BCUT2D eigenvalue weighted by atomic mass is 10.0. The lowest BCUT2D eigenvalue weighted by Crippen LogP contribution is -2.33. The molecule has 0 unspecified atom stereocenters. The minimum atomic E-state index is -0.0540. The molecule has 0 spiro atoms. The molecule has 2 aromatic rings. The van der Waals surface area contributed by atoms with E-state index in [1.807, 2.05) is 18.2 Å². The summed E-state index contributed by atoms with van der Waals surface area (Å²) in [4.78, 5) is 14.9. The topological polar surface area (TPSA) is 69.3 Å². The first-order valence-corrected chi connectivity index (χ1v) is 9.83. The van der Waals surface area contributed by atoms with Gasteiger partial charge >= 0.3 is 0 Å². The van der Waals surface area contributed by atoms with Gasteiger partial charge in [-0.15, -0.1) is 0 Å². The number of amides is 1. The number of methoxy groups -OCH3 is 2. The highest BCUT2D eigenvalue weighted by Gasteiger charge is 2.28. The number of fused-ring (bicyclic) bond motifs is 1. The number of nitrogens with zero attached hydrogens (tertiary/aromatic N) is 1. The average Bonchev–Trinajstić information content (AvgIpc) is 3.21. The lowest BCUT2D eigenvalue weighted by Gasteiger charge is -2.26. The van der Waals surface area contributed by atoms with Gasteiger partial charge in [-0.1, -0.05) is 6.07 Å². The molecule has 0 bridgehead atoms. The van der Waals surface area contributed by atoms with Crippen LogP contribution in [0.1, 0.15) is 24.4 Å². The van der Waals surface area contributed by atoms with Gasteiger partial charge in [-0.05, 0) is 49.2 Å². The molecule has 1 N–H and O–H groups in total. The van der Waals surface area contributed by atoms with E-state index in [1.54, 1.807) is 26.4 Å². The molecule has 0 aliphatic carbocycles. The van der Waals surface area contributed by atoms with Crippen molar-refractivity contribution < 1.29 is 23.7 Å². The monoisotopic (exact) mass is 398 g/mol. The Morgan fingerprint density at radius 1 is 1.07 bits per heavy atom. The predicted molar refractivity (Wildman–Crippen MR) is 109 cm³/mol. The molecule has 7 heteroatoms. The van der Waals surface area contributed by atoms with Crippen LogP contribution in [0.5, 0.6) is 23.0 Å². The molecule has 1 fully saturated rings. The number of likely N-dealkylation sites (tertiary alicyclic amines) is 1. The number of hydrogen-bond acceptors (Lipinski definition) is 6. The number of carbonyl (C=O) groups excluding carboxylic acids is 1. The smallest absolute Gasteiger partial charge is 0.238 e. The molecule has 1 saturated heterocycles. The van der Waals surface area contributed by atoms with Crippen molar-refractivity contribution in [2.24, 2.45) is 0 Å². The minimum absolute atomic E-state index is 0.0540. The van der Waals surface area contributed by atoms with E-state index in [0.29, 0.717) is 36.9 Å². The van der Waals surface area contributed by atoms with Crippen LogP contribution in [-0.2, 0) is 4.79 Å². The predicted octanol–water partition coefficient (Wildman–Crippen LogP) is 3.25. The van der Waals surface area contributed by atoms with Crippen LogP contribution in [0.15, 0.2) is 36.4 Å². The summed E-state index contributed by atoms with van der Waals surface area (Å²) in [5.41, 5.74) is 1.84. The molecule has 154 valence electrons. The number of benzene rings is 2. The van der Waals surface area contributed by atoms with Gasteiger partial charge in [0.1, 0.15) is 13.2 Å². The van der Waals surface area contributed by atoms with Gasteiger partial charge in [0, 0.05) is 17.8 Å². The molecule has 2 aromatic carbocycles. The number of anilines is 1. The van der Waals surface area contributed by atoms with Crippen LogP contribution >= 0.6 is 0 Å². The maximum Gasteiger partial charge on any atom is 0.238 e. The second kappa shape index (κ2) is 8.61. The molecule has 4 rings (SSSR count). The standard InChI is InChI=1S/C22H26N2O5/c1-26-18-8-6-16(13-20(18)27-2)23-22(25)14-24-9-3-4-17(24)15-5-7-19-21(12-15)29-11-10-28-19/h5-8,12-13,17H,3-4,9-11,14H2,1-2H3,(H,23,25)/t17-/m1/s1. The molecular formula is C22H26N2O5. The Morgan fingerprint density at radius 3 is 2.66 bits per heavy atom. The zero-order valence-electron chi connectivity index (χ0n) is 16.8. The molecule has 0 saturated carbocycles. The summed E-state index contributed by atoms with van der Waals surface area (Å²) in [6.45, 7) is 2.36. The van der Waals surface area contributed by atoms with Crippen molar-refractivity contribution in [3.63, 3.8) is 0 Å². The van der Waals surface area contributed by atoms with Crippen molar-refractivity contribution in [3.05, 3.63) is 42.0 Å². The zero-order valence-corrected chi connectivity index (χ0v) is 16.8. The van der Waals surface area contributed by atoms with Gasteiger partial charge in [-0.3, -0.25) is 9.69 Å². The van der Waals surface area contributed by atoms with E-state index in [4.69, 9.17) is 18.9 Å². The number of hydrogen-bond donors (Lipinski definition) is 1. The number of nitrogens with one attached hydrogen (secondary N) is 1. The van der Waals surface area contributed by atoms with Crippen LogP contribution in [-0.4, -0.2) is 51.3 Å². The van der Waals surface area contributed by atoms with Crippen LogP contribution in [0, 0.1) is 0 Å². The molecule has 2 heterocycles. The summed E-state index contributed by atoms with van der Waals surface area (Å²) in [7, 11) is 3.16. The quantitative estimate of drug-likeness (QED) is 0.806. The van der Waals surface area contributed by atoms with Gasteiger partial charge < -0.3 is 24.3 Å². The SMILES string of the molecule is COc1ccc(NC(=O)CN2CCC[C@@H]2c2ccc3c(c2)OCCO3)cc1OC. The Bertz CT molecular complexity index is 886. The van der Waals surface area contributed by atoms with Crippen molar-refractivity contribution >= 4 is 11.6 Å². The summed E-state index contributed by atoms with van der Waals surface area (Å²) >= 11 is 0. The second-order valence-electron chi connectivity index (χ2n) is 7.15. The second-order valence-corrected chi connectivity index (χ2v) is 7.15. The van der Waals surface area contributed by atoms with Gasteiger partial charge in [0.15, 0.2) is 23.0 Å². The van der Waals surface area contributed by atoms with E-state index < -0.39 is 0 Å². The molecule has 0 radical (unpaired) electrons. The highest BCUT2D eigenvalue weighted by molar-refractivity contribution is 5.92. The Morgan fingerprint density at radius 2 is 1.86 bits per heavy atom. The first-order chi connectivity index (χ1) is 14.2. The van der Waals surface area contributed by atoms with E-state index in [1.165, 1.54) is 0 Å². The van der Waals surface area contributed by atoms with E-state index in [-0.39, 0.29) is 11.9 Å². The summed E-state index contributed by atoms with van der Waals surface area (Å²) in [5.74, 6) is 2.73. The Labute approximate surface area is 170 Å². The maximum atomic E-state index is 12.7. The van der Waals surface area contributed by atoms with Crippen molar-refractivity contribution in [1.29, 1.82) is 0 Å². The first-order valence-electron chi connectivity index (χ1n) is 9.83. The van der Waals surface area contributed by atoms with Gasteiger partial charge in [-0.2, -0.15) is 0 Å². The lowest BCUT2D eigenvalue weighted by molar-refractivity contribution is -0.117. The summed E-state index contributed by atoms with van der Waals surface area (Å²) in [6.07, 6.45) is 2.08. The van der Waals surface area contributed by atoms with E-state index in [2.05, 4.69) is 16.3 Å². The summed E-state index contributed by atoms with van der Waals surface area (Å²) < 4.78 is 21.9. The average molecular weight is 398 g/mol. The van der Waals surface area contributed by atoms with Crippen LogP contribution in [0.25, 0.3) is 0 Å². The number of ether oxygens (including phenoxy) is 4. The Balaban J connectivity index is 1.42. The zero-order chi connectivity index (χ0) is 20.2. The fraction of sp³-hybridized carbons (Fsp3) is 0.409. The van der Waals surface area contributed by atoms with Crippen LogP contribution < -0.4 is 24.3 Å². The normalized spacial score (nSPS) is 18.3. The van der Waals surface area contributed by atoms with Gasteiger partial charge in [0.2, 0.25) is 5.91 Å². The Hall–Kier alpha value is -2.93. The highest BCUT2D eigenvalue weighted by atomic mass is 16.6. The molecule has 0 aromatic heterocycles. The van der Waals surface area contributed by atoms with Crippen molar-refractivity contribution in [2.75, 3.05) is 45.8 Å². The van der Waals surface area contributed by atoms with Gasteiger partial charge in [-0.25, -0.2) is 0 Å². The Kier molecular flexibility index (Phi) is 5.76. The summed E-state index contributed by atoms with van der Waals surface area (Å²) in [6, 6.07) is 11.6. The van der Waals surface area contributed by atoms with Crippen LogP contribution in [0.2, 0.25) is 0 Å². The van der Waals surface area contributed by atoms with Gasteiger partial charge in [0.05, 0.1) is 20.8 Å². The molecule has 2 aliphatic rings. The fourth-order valence-corrected chi connectivity index (χ4v) is 3.96.